The van der Waals surface area contributed by atoms with Crippen molar-refractivity contribution in [3.05, 3.63) is 41.6 Å². The molecule has 2 heterocycles. The monoisotopic (exact) mass is 439 g/mol. The zero-order valence-corrected chi connectivity index (χ0v) is 19.1. The van der Waals surface area contributed by atoms with Crippen molar-refractivity contribution in [1.29, 1.82) is 0 Å². The normalized spacial score (nSPS) is 15.7. The van der Waals surface area contributed by atoms with Crippen molar-refractivity contribution in [2.75, 3.05) is 10.3 Å². The summed E-state index contributed by atoms with van der Waals surface area (Å²) in [5.41, 5.74) is 2.58. The maximum absolute atomic E-state index is 12.7. The predicted molar refractivity (Wildman–Crippen MR) is 121 cm³/mol. The van der Waals surface area contributed by atoms with Gasteiger partial charge in [0.25, 0.3) is 5.91 Å². The number of aryl methyl sites for hydroxylation is 2. The second-order valence-corrected chi connectivity index (χ2v) is 8.00. The van der Waals surface area contributed by atoms with Gasteiger partial charge in [0.15, 0.2) is 6.10 Å². The maximum Gasteiger partial charge on any atom is 0.355 e. The number of aromatic nitrogens is 2. The Balaban J connectivity index is 1.70. The number of esters is 1. The third kappa shape index (κ3) is 5.04. The number of hydrazone groups is 1. The van der Waals surface area contributed by atoms with Crippen LogP contribution < -0.4 is 10.3 Å². The molecular weight excluding hydrogens is 410 g/mol. The van der Waals surface area contributed by atoms with Gasteiger partial charge in [0.1, 0.15) is 11.5 Å². The van der Waals surface area contributed by atoms with Crippen LogP contribution in [0.25, 0.3) is 0 Å². The van der Waals surface area contributed by atoms with Gasteiger partial charge in [-0.15, -0.1) is 0 Å². The molecule has 0 fully saturated rings. The molecule has 9 heteroatoms. The first-order valence-corrected chi connectivity index (χ1v) is 10.7. The molecule has 32 heavy (non-hydrogen) atoms. The Morgan fingerprint density at radius 3 is 2.66 bits per heavy atom. The first-order valence-electron chi connectivity index (χ1n) is 10.7. The largest absolute Gasteiger partial charge is 0.448 e. The molecule has 2 atom stereocenters. The lowest BCUT2D eigenvalue weighted by atomic mass is 10.1. The molecule has 0 saturated carbocycles. The highest BCUT2D eigenvalue weighted by Gasteiger charge is 2.29. The average Bonchev–Trinajstić information content (AvgIpc) is 3.23. The van der Waals surface area contributed by atoms with E-state index in [-0.39, 0.29) is 30.5 Å². The molecule has 0 bridgehead atoms. The Labute approximate surface area is 187 Å². The summed E-state index contributed by atoms with van der Waals surface area (Å²) in [6.07, 6.45) is 1.71. The highest BCUT2D eigenvalue weighted by Crippen LogP contribution is 2.25. The van der Waals surface area contributed by atoms with Gasteiger partial charge in [-0.2, -0.15) is 15.2 Å². The summed E-state index contributed by atoms with van der Waals surface area (Å²) in [5, 5.41) is 12.5. The van der Waals surface area contributed by atoms with Crippen LogP contribution in [-0.4, -0.2) is 39.4 Å². The van der Waals surface area contributed by atoms with Gasteiger partial charge in [-0.1, -0.05) is 19.1 Å². The minimum atomic E-state index is -1.04. The standard InChI is InChI=1S/C23H29N5O4/c1-6-16(4)27-20(11-12-24-27)25-22(30)17(5)32-23(31)18-9-10-21(29)28(26-18)19-13-14(2)7-8-15(19)3/h7-8,11-13,16-17H,6,9-10H2,1-5H3,(H,25,30)/t16-,17-/m1/s1. The number of hydrogen-bond acceptors (Lipinski definition) is 6. The summed E-state index contributed by atoms with van der Waals surface area (Å²) in [6, 6.07) is 7.50. The number of carbonyl (C=O) groups is 3. The lowest BCUT2D eigenvalue weighted by molar-refractivity contribution is -0.146. The summed E-state index contributed by atoms with van der Waals surface area (Å²) >= 11 is 0. The van der Waals surface area contributed by atoms with Crippen LogP contribution in [0.1, 0.15) is 57.2 Å². The number of nitrogens with zero attached hydrogens (tertiary/aromatic N) is 4. The second kappa shape index (κ2) is 9.76. The third-order valence-corrected chi connectivity index (χ3v) is 5.44. The molecule has 0 aliphatic carbocycles. The zero-order chi connectivity index (χ0) is 23.4. The van der Waals surface area contributed by atoms with Crippen LogP contribution in [0.5, 0.6) is 0 Å². The van der Waals surface area contributed by atoms with E-state index in [1.165, 1.54) is 11.9 Å². The Hall–Kier alpha value is -3.49. The zero-order valence-electron chi connectivity index (χ0n) is 19.1. The molecule has 2 amide bonds. The summed E-state index contributed by atoms with van der Waals surface area (Å²) in [7, 11) is 0. The van der Waals surface area contributed by atoms with Crippen molar-refractivity contribution in [3.63, 3.8) is 0 Å². The van der Waals surface area contributed by atoms with Gasteiger partial charge in [0.05, 0.1) is 17.9 Å². The van der Waals surface area contributed by atoms with Crippen molar-refractivity contribution in [2.24, 2.45) is 5.10 Å². The SMILES string of the molecule is CC[C@@H](C)n1nccc1NC(=O)[C@@H](C)OC(=O)C1=NN(c2cc(C)ccc2C)C(=O)CC1. The Morgan fingerprint density at radius 2 is 1.94 bits per heavy atom. The summed E-state index contributed by atoms with van der Waals surface area (Å²) < 4.78 is 7.06. The lowest BCUT2D eigenvalue weighted by Crippen LogP contribution is -2.38. The van der Waals surface area contributed by atoms with Crippen LogP contribution >= 0.6 is 0 Å². The molecule has 1 aromatic heterocycles. The van der Waals surface area contributed by atoms with Gasteiger partial charge >= 0.3 is 5.97 Å². The fourth-order valence-corrected chi connectivity index (χ4v) is 3.28. The van der Waals surface area contributed by atoms with Crippen molar-refractivity contribution in [3.8, 4) is 0 Å². The molecule has 1 aliphatic heterocycles. The van der Waals surface area contributed by atoms with Gasteiger partial charge in [-0.05, 0) is 51.3 Å². The topological polar surface area (TPSA) is 106 Å². The summed E-state index contributed by atoms with van der Waals surface area (Å²) in [4.78, 5) is 37.7. The van der Waals surface area contributed by atoms with Crippen LogP contribution in [0, 0.1) is 13.8 Å². The fraction of sp³-hybridized carbons (Fsp3) is 0.435. The Morgan fingerprint density at radius 1 is 1.19 bits per heavy atom. The highest BCUT2D eigenvalue weighted by atomic mass is 16.5. The molecule has 170 valence electrons. The van der Waals surface area contributed by atoms with Gasteiger partial charge in [-0.3, -0.25) is 9.59 Å². The van der Waals surface area contributed by atoms with Crippen molar-refractivity contribution in [2.45, 2.75) is 66.0 Å². The van der Waals surface area contributed by atoms with Crippen molar-refractivity contribution < 1.29 is 19.1 Å². The van der Waals surface area contributed by atoms with E-state index in [1.807, 2.05) is 45.9 Å². The van der Waals surface area contributed by atoms with E-state index in [9.17, 15) is 14.4 Å². The molecule has 3 rings (SSSR count). The van der Waals surface area contributed by atoms with E-state index in [0.717, 1.165) is 17.5 Å². The van der Waals surface area contributed by atoms with E-state index in [4.69, 9.17) is 4.74 Å². The van der Waals surface area contributed by atoms with E-state index in [2.05, 4.69) is 15.5 Å². The Kier molecular flexibility index (Phi) is 7.07. The number of ether oxygens (including phenoxy) is 1. The number of hydrogen-bond donors (Lipinski definition) is 1. The molecule has 0 radical (unpaired) electrons. The van der Waals surface area contributed by atoms with Crippen LogP contribution in [0.15, 0.2) is 35.6 Å². The molecule has 2 aromatic rings. The Bertz CT molecular complexity index is 1060. The van der Waals surface area contributed by atoms with Crippen LogP contribution in [0.3, 0.4) is 0 Å². The number of rotatable bonds is 7. The van der Waals surface area contributed by atoms with E-state index in [0.29, 0.717) is 11.5 Å². The molecule has 0 saturated heterocycles. The smallest absolute Gasteiger partial charge is 0.355 e. The second-order valence-electron chi connectivity index (χ2n) is 8.00. The predicted octanol–water partition coefficient (Wildman–Crippen LogP) is 3.52. The minimum absolute atomic E-state index is 0.106. The number of nitrogens with one attached hydrogen (secondary N) is 1. The molecule has 1 aliphatic rings. The van der Waals surface area contributed by atoms with Gasteiger partial charge in [0.2, 0.25) is 5.91 Å². The van der Waals surface area contributed by atoms with E-state index < -0.39 is 18.0 Å². The lowest BCUT2D eigenvalue weighted by Gasteiger charge is -2.25. The number of anilines is 2. The number of carbonyl (C=O) groups excluding carboxylic acids is 3. The third-order valence-electron chi connectivity index (χ3n) is 5.44. The first kappa shape index (κ1) is 23.2. The van der Waals surface area contributed by atoms with Crippen LogP contribution in [-0.2, 0) is 19.1 Å². The van der Waals surface area contributed by atoms with E-state index >= 15 is 0 Å². The summed E-state index contributed by atoms with van der Waals surface area (Å²) in [5.74, 6) is -0.846. The van der Waals surface area contributed by atoms with Gasteiger partial charge in [0, 0.05) is 18.9 Å². The quantitative estimate of drug-likeness (QED) is 0.665. The summed E-state index contributed by atoms with van der Waals surface area (Å²) in [6.45, 7) is 9.31. The van der Waals surface area contributed by atoms with E-state index in [1.54, 1.807) is 16.9 Å². The number of benzene rings is 1. The fourth-order valence-electron chi connectivity index (χ4n) is 3.28. The average molecular weight is 440 g/mol. The molecule has 1 N–H and O–H groups in total. The first-order chi connectivity index (χ1) is 15.2. The van der Waals surface area contributed by atoms with Gasteiger partial charge < -0.3 is 10.1 Å². The highest BCUT2D eigenvalue weighted by molar-refractivity contribution is 6.38. The maximum atomic E-state index is 12.7. The molecular formula is C23H29N5O4. The molecule has 1 aromatic carbocycles. The minimum Gasteiger partial charge on any atom is -0.448 e. The van der Waals surface area contributed by atoms with Gasteiger partial charge in [-0.25, -0.2) is 9.48 Å². The van der Waals surface area contributed by atoms with Crippen LogP contribution in [0.2, 0.25) is 0 Å². The van der Waals surface area contributed by atoms with Crippen LogP contribution in [0.4, 0.5) is 11.5 Å². The molecule has 0 unspecified atom stereocenters. The number of amides is 2. The van der Waals surface area contributed by atoms with Crippen molar-refractivity contribution >= 4 is 35.0 Å². The molecule has 9 nitrogen and oxygen atoms in total. The molecule has 0 spiro atoms. The van der Waals surface area contributed by atoms with Crippen molar-refractivity contribution in [1.82, 2.24) is 9.78 Å².